The van der Waals surface area contributed by atoms with Crippen LogP contribution in [-0.2, 0) is 11.0 Å². The summed E-state index contributed by atoms with van der Waals surface area (Å²) < 4.78 is 51.5. The van der Waals surface area contributed by atoms with Crippen LogP contribution in [0.15, 0.2) is 48.5 Å². The number of nitrogens with zero attached hydrogens (tertiary/aromatic N) is 2. The fraction of sp³-hybridized carbons (Fsp3) is 0.333. The van der Waals surface area contributed by atoms with Crippen molar-refractivity contribution in [1.29, 1.82) is 0 Å². The minimum Gasteiger partial charge on any atom is -0.337 e. The summed E-state index contributed by atoms with van der Waals surface area (Å²) in [6.45, 7) is 2.71. The molecule has 3 rings (SSSR count). The lowest BCUT2D eigenvalue weighted by Crippen LogP contribution is -2.40. The molecule has 1 unspecified atom stereocenters. The third kappa shape index (κ3) is 4.95. The molecule has 0 radical (unpaired) electrons. The monoisotopic (exact) mass is 440 g/mol. The first-order valence-corrected chi connectivity index (χ1v) is 10.4. The Morgan fingerprint density at radius 3 is 2.33 bits per heavy atom. The molecule has 1 atom stereocenters. The maximum atomic E-state index is 13.1. The lowest BCUT2D eigenvalue weighted by atomic mass is 10.1. The van der Waals surface area contributed by atoms with Gasteiger partial charge in [-0.3, -0.25) is 9.59 Å². The highest BCUT2D eigenvalue weighted by Crippen LogP contribution is 2.39. The van der Waals surface area contributed by atoms with Gasteiger partial charge in [0.05, 0.1) is 11.3 Å². The molecule has 0 spiro atoms. The van der Waals surface area contributed by atoms with Crippen LogP contribution in [0.3, 0.4) is 0 Å². The van der Waals surface area contributed by atoms with Crippen molar-refractivity contribution in [1.82, 2.24) is 9.80 Å². The van der Waals surface area contributed by atoms with Crippen molar-refractivity contribution in [2.24, 2.45) is 0 Å². The SMILES string of the molecule is CCN(CCN1C(=O)CSC1c1ccc(C(F)(F)F)cc1)C(=O)c1ccc(F)cc1. The summed E-state index contributed by atoms with van der Waals surface area (Å²) in [6.07, 6.45) is -4.42. The van der Waals surface area contributed by atoms with Crippen LogP contribution in [0.5, 0.6) is 0 Å². The molecule has 0 aromatic heterocycles. The Hall–Kier alpha value is -2.55. The van der Waals surface area contributed by atoms with Crippen LogP contribution in [-0.4, -0.2) is 47.0 Å². The van der Waals surface area contributed by atoms with Crippen LogP contribution in [0.2, 0.25) is 0 Å². The molecule has 4 nitrogen and oxygen atoms in total. The first-order valence-electron chi connectivity index (χ1n) is 9.33. The van der Waals surface area contributed by atoms with Crippen molar-refractivity contribution < 1.29 is 27.2 Å². The zero-order chi connectivity index (χ0) is 21.9. The Bertz CT molecular complexity index is 901. The van der Waals surface area contributed by atoms with E-state index >= 15 is 0 Å². The van der Waals surface area contributed by atoms with Crippen molar-refractivity contribution >= 4 is 23.6 Å². The van der Waals surface area contributed by atoms with Crippen molar-refractivity contribution in [3.63, 3.8) is 0 Å². The summed E-state index contributed by atoms with van der Waals surface area (Å²) in [6, 6.07) is 10.0. The predicted molar refractivity (Wildman–Crippen MR) is 106 cm³/mol. The van der Waals surface area contributed by atoms with Crippen molar-refractivity contribution in [3.8, 4) is 0 Å². The van der Waals surface area contributed by atoms with E-state index < -0.39 is 22.9 Å². The van der Waals surface area contributed by atoms with E-state index in [-0.39, 0.29) is 30.7 Å². The summed E-state index contributed by atoms with van der Waals surface area (Å²) in [5, 5.41) is -0.403. The standard InChI is InChI=1S/C21H20F4N2O2S/c1-2-26(19(29)14-5-9-17(22)10-6-14)11-12-27-18(28)13-30-20(27)15-3-7-16(8-4-15)21(23,24)25/h3-10,20H,2,11-13H2,1H3. The van der Waals surface area contributed by atoms with Crippen LogP contribution in [0, 0.1) is 5.82 Å². The molecule has 1 saturated heterocycles. The second-order valence-corrected chi connectivity index (χ2v) is 7.83. The molecule has 1 aliphatic heterocycles. The van der Waals surface area contributed by atoms with Gasteiger partial charge < -0.3 is 9.80 Å². The lowest BCUT2D eigenvalue weighted by Gasteiger charge is -2.28. The Morgan fingerprint density at radius 2 is 1.77 bits per heavy atom. The molecular weight excluding hydrogens is 420 g/mol. The number of benzene rings is 2. The third-order valence-corrected chi connectivity index (χ3v) is 6.12. The molecule has 0 aliphatic carbocycles. The van der Waals surface area contributed by atoms with Gasteiger partial charge in [-0.15, -0.1) is 11.8 Å². The first-order chi connectivity index (χ1) is 14.2. The number of hydrogen-bond donors (Lipinski definition) is 0. The normalized spacial score (nSPS) is 16.8. The van der Waals surface area contributed by atoms with Gasteiger partial charge in [-0.2, -0.15) is 13.2 Å². The predicted octanol–water partition coefficient (Wildman–Crippen LogP) is 4.58. The summed E-state index contributed by atoms with van der Waals surface area (Å²) in [5.41, 5.74) is 0.209. The minimum atomic E-state index is -4.42. The molecule has 160 valence electrons. The maximum absolute atomic E-state index is 13.1. The topological polar surface area (TPSA) is 40.6 Å². The number of carbonyl (C=O) groups is 2. The summed E-state index contributed by atoms with van der Waals surface area (Å²) in [7, 11) is 0. The number of carbonyl (C=O) groups excluding carboxylic acids is 2. The van der Waals surface area contributed by atoms with Crippen LogP contribution in [0.1, 0.15) is 33.8 Å². The van der Waals surface area contributed by atoms with Gasteiger partial charge in [0.2, 0.25) is 5.91 Å². The van der Waals surface area contributed by atoms with Gasteiger partial charge in [-0.1, -0.05) is 12.1 Å². The zero-order valence-electron chi connectivity index (χ0n) is 16.2. The quantitative estimate of drug-likeness (QED) is 0.618. The number of hydrogen-bond acceptors (Lipinski definition) is 3. The van der Waals surface area contributed by atoms with Crippen molar-refractivity contribution in [3.05, 3.63) is 71.0 Å². The summed E-state index contributed by atoms with van der Waals surface area (Å²) >= 11 is 1.34. The minimum absolute atomic E-state index is 0.129. The molecule has 0 bridgehead atoms. The van der Waals surface area contributed by atoms with Gasteiger partial charge in [-0.05, 0) is 48.9 Å². The van der Waals surface area contributed by atoms with Crippen molar-refractivity contribution in [2.45, 2.75) is 18.5 Å². The van der Waals surface area contributed by atoms with Gasteiger partial charge in [-0.25, -0.2) is 4.39 Å². The highest BCUT2D eigenvalue weighted by atomic mass is 32.2. The smallest absolute Gasteiger partial charge is 0.337 e. The number of likely N-dealkylation sites (N-methyl/N-ethyl adjacent to an activating group) is 1. The maximum Gasteiger partial charge on any atom is 0.416 e. The molecule has 2 amide bonds. The Balaban J connectivity index is 1.69. The van der Waals surface area contributed by atoms with Crippen LogP contribution in [0.25, 0.3) is 0 Å². The highest BCUT2D eigenvalue weighted by Gasteiger charge is 2.34. The molecule has 2 aromatic carbocycles. The van der Waals surface area contributed by atoms with Crippen LogP contribution in [0.4, 0.5) is 17.6 Å². The van der Waals surface area contributed by atoms with Gasteiger partial charge >= 0.3 is 6.18 Å². The Kier molecular flexibility index (Phi) is 6.70. The first kappa shape index (κ1) is 22.1. The fourth-order valence-electron chi connectivity index (χ4n) is 3.22. The number of halogens is 4. The molecule has 0 N–H and O–H groups in total. The van der Waals surface area contributed by atoms with E-state index in [1.54, 1.807) is 16.7 Å². The number of alkyl halides is 3. The summed E-state index contributed by atoms with van der Waals surface area (Å²) in [4.78, 5) is 28.1. The average molecular weight is 440 g/mol. The summed E-state index contributed by atoms with van der Waals surface area (Å²) in [5.74, 6) is -0.615. The number of rotatable bonds is 6. The van der Waals surface area contributed by atoms with Gasteiger partial charge in [0.1, 0.15) is 11.2 Å². The Morgan fingerprint density at radius 1 is 1.13 bits per heavy atom. The van der Waals surface area contributed by atoms with E-state index in [4.69, 9.17) is 0 Å². The molecule has 0 saturated carbocycles. The van der Waals surface area contributed by atoms with E-state index in [0.717, 1.165) is 12.1 Å². The fourth-order valence-corrected chi connectivity index (χ4v) is 4.43. The average Bonchev–Trinajstić information content (AvgIpc) is 3.09. The molecule has 9 heteroatoms. The van der Waals surface area contributed by atoms with Crippen molar-refractivity contribution in [2.75, 3.05) is 25.4 Å². The van der Waals surface area contributed by atoms with E-state index in [0.29, 0.717) is 17.7 Å². The number of amides is 2. The van der Waals surface area contributed by atoms with Gasteiger partial charge in [0.25, 0.3) is 5.91 Å². The van der Waals surface area contributed by atoms with Crippen LogP contribution >= 0.6 is 11.8 Å². The molecule has 1 aliphatic rings. The van der Waals surface area contributed by atoms with Crippen LogP contribution < -0.4 is 0 Å². The van der Waals surface area contributed by atoms with E-state index in [1.807, 2.05) is 0 Å². The molecule has 1 fully saturated rings. The largest absolute Gasteiger partial charge is 0.416 e. The molecule has 30 heavy (non-hydrogen) atoms. The molecular formula is C21H20F4N2O2S. The lowest BCUT2D eigenvalue weighted by molar-refractivity contribution is -0.137. The molecule has 2 aromatic rings. The van der Waals surface area contributed by atoms with E-state index in [9.17, 15) is 27.2 Å². The Labute approximate surface area is 175 Å². The number of thioether (sulfide) groups is 1. The highest BCUT2D eigenvalue weighted by molar-refractivity contribution is 8.00. The third-order valence-electron chi connectivity index (χ3n) is 4.86. The second-order valence-electron chi connectivity index (χ2n) is 6.76. The van der Waals surface area contributed by atoms with E-state index in [2.05, 4.69) is 0 Å². The second kappa shape index (κ2) is 9.07. The van der Waals surface area contributed by atoms with E-state index in [1.165, 1.54) is 48.2 Å². The zero-order valence-corrected chi connectivity index (χ0v) is 17.0. The van der Waals surface area contributed by atoms with Gasteiger partial charge in [0.15, 0.2) is 0 Å². The molecule has 1 heterocycles. The van der Waals surface area contributed by atoms with Gasteiger partial charge in [0, 0.05) is 25.2 Å².